The van der Waals surface area contributed by atoms with Crippen LogP contribution in [0.15, 0.2) is 36.4 Å². The Balaban J connectivity index is 1.97. The number of fused-ring (bicyclic) bond motifs is 2. The number of hydrogen-bond donors (Lipinski definition) is 1. The summed E-state index contributed by atoms with van der Waals surface area (Å²) < 4.78 is 0. The number of nitrogens with zero attached hydrogens (tertiary/aromatic N) is 2. The molecule has 1 aliphatic carbocycles. The zero-order chi connectivity index (χ0) is 15.8. The van der Waals surface area contributed by atoms with Crippen LogP contribution in [-0.2, 0) is 19.3 Å². The predicted octanol–water partition coefficient (Wildman–Crippen LogP) is 4.32. The van der Waals surface area contributed by atoms with Crippen LogP contribution in [0, 0.1) is 0 Å². The van der Waals surface area contributed by atoms with Crippen LogP contribution in [0.1, 0.15) is 36.7 Å². The summed E-state index contributed by atoms with van der Waals surface area (Å²) in [5.74, 6) is 0.580. The smallest absolute Gasteiger partial charge is 0.123 e. The van der Waals surface area contributed by atoms with Crippen molar-refractivity contribution in [2.45, 2.75) is 39.0 Å². The van der Waals surface area contributed by atoms with Gasteiger partial charge in [0.05, 0.1) is 11.2 Å². The molecule has 1 aromatic carbocycles. The predicted molar refractivity (Wildman–Crippen MR) is 95.4 cm³/mol. The quantitative estimate of drug-likeness (QED) is 0.767. The maximum absolute atomic E-state index is 5.86. The number of anilines is 1. The first-order chi connectivity index (χ1) is 11.3. The summed E-state index contributed by atoms with van der Waals surface area (Å²) in [6.07, 6.45) is 5.65. The minimum atomic E-state index is 0.580. The van der Waals surface area contributed by atoms with Crippen molar-refractivity contribution in [2.75, 3.05) is 5.73 Å². The van der Waals surface area contributed by atoms with Gasteiger partial charge in [0.25, 0.3) is 0 Å². The number of benzene rings is 1. The zero-order valence-electron chi connectivity index (χ0n) is 13.5. The lowest BCUT2D eigenvalue weighted by atomic mass is 9.93. The fourth-order valence-corrected chi connectivity index (χ4v) is 3.57. The fourth-order valence-electron chi connectivity index (χ4n) is 3.57. The van der Waals surface area contributed by atoms with Gasteiger partial charge in [0.15, 0.2) is 0 Å². The van der Waals surface area contributed by atoms with Gasteiger partial charge >= 0.3 is 0 Å². The van der Waals surface area contributed by atoms with Gasteiger partial charge in [0, 0.05) is 22.2 Å². The zero-order valence-corrected chi connectivity index (χ0v) is 13.5. The van der Waals surface area contributed by atoms with E-state index in [0.29, 0.717) is 5.82 Å². The number of aryl methyl sites for hydroxylation is 3. The van der Waals surface area contributed by atoms with E-state index in [1.165, 1.54) is 35.0 Å². The number of para-hydroxylation sites is 1. The third kappa shape index (κ3) is 2.46. The highest BCUT2D eigenvalue weighted by Gasteiger charge is 2.15. The van der Waals surface area contributed by atoms with Crippen LogP contribution in [0.3, 0.4) is 0 Å². The minimum absolute atomic E-state index is 0.580. The molecule has 0 atom stereocenters. The molecule has 3 heteroatoms. The second kappa shape index (κ2) is 5.65. The van der Waals surface area contributed by atoms with Gasteiger partial charge < -0.3 is 5.73 Å². The van der Waals surface area contributed by atoms with E-state index in [0.717, 1.165) is 36.0 Å². The highest BCUT2D eigenvalue weighted by molar-refractivity contribution is 5.94. The number of hydrogen-bond acceptors (Lipinski definition) is 3. The lowest BCUT2D eigenvalue weighted by molar-refractivity contribution is 0.671. The van der Waals surface area contributed by atoms with Gasteiger partial charge in [-0.05, 0) is 55.9 Å². The average Bonchev–Trinajstić information content (AvgIpc) is 2.59. The summed E-state index contributed by atoms with van der Waals surface area (Å²) in [7, 11) is 0. The Morgan fingerprint density at radius 1 is 1.00 bits per heavy atom. The van der Waals surface area contributed by atoms with Crippen molar-refractivity contribution in [2.24, 2.45) is 0 Å². The Morgan fingerprint density at radius 3 is 2.74 bits per heavy atom. The third-order valence-electron chi connectivity index (χ3n) is 4.74. The minimum Gasteiger partial charge on any atom is -0.384 e. The second-order valence-electron chi connectivity index (χ2n) is 6.26. The molecule has 116 valence electrons. The van der Waals surface area contributed by atoms with Crippen molar-refractivity contribution >= 4 is 16.7 Å². The van der Waals surface area contributed by atoms with Gasteiger partial charge in [-0.3, -0.25) is 4.98 Å². The van der Waals surface area contributed by atoms with E-state index in [2.05, 4.69) is 42.2 Å². The lowest BCUT2D eigenvalue weighted by Crippen LogP contribution is -2.06. The Kier molecular flexibility index (Phi) is 3.49. The van der Waals surface area contributed by atoms with Gasteiger partial charge in [-0.2, -0.15) is 0 Å². The molecular formula is C20H21N3. The molecule has 23 heavy (non-hydrogen) atoms. The van der Waals surface area contributed by atoms with Crippen molar-refractivity contribution in [1.29, 1.82) is 0 Å². The highest BCUT2D eigenvalue weighted by atomic mass is 14.8. The molecule has 0 bridgehead atoms. The summed E-state index contributed by atoms with van der Waals surface area (Å²) >= 11 is 0. The Hall–Kier alpha value is -2.42. The molecule has 3 aromatic rings. The maximum Gasteiger partial charge on any atom is 0.123 e. The summed E-state index contributed by atoms with van der Waals surface area (Å²) in [4.78, 5) is 9.54. The van der Waals surface area contributed by atoms with Gasteiger partial charge in [-0.15, -0.1) is 0 Å². The van der Waals surface area contributed by atoms with Crippen molar-refractivity contribution in [3.8, 4) is 11.1 Å². The van der Waals surface area contributed by atoms with Crippen LogP contribution < -0.4 is 5.73 Å². The third-order valence-corrected chi connectivity index (χ3v) is 4.74. The highest BCUT2D eigenvalue weighted by Crippen LogP contribution is 2.32. The molecular weight excluding hydrogens is 282 g/mol. The second-order valence-corrected chi connectivity index (χ2v) is 6.26. The lowest BCUT2D eigenvalue weighted by Gasteiger charge is -2.17. The van der Waals surface area contributed by atoms with Crippen LogP contribution in [0.25, 0.3) is 22.0 Å². The van der Waals surface area contributed by atoms with Gasteiger partial charge in [-0.25, -0.2) is 4.98 Å². The molecule has 0 aliphatic heterocycles. The molecule has 3 nitrogen and oxygen atoms in total. The molecule has 0 saturated heterocycles. The van der Waals surface area contributed by atoms with Crippen LogP contribution in [-0.4, -0.2) is 9.97 Å². The summed E-state index contributed by atoms with van der Waals surface area (Å²) in [6, 6.07) is 12.7. The molecule has 0 unspecified atom stereocenters. The van der Waals surface area contributed by atoms with Gasteiger partial charge in [0.1, 0.15) is 5.82 Å². The number of rotatable bonds is 2. The first-order valence-corrected chi connectivity index (χ1v) is 8.43. The molecule has 0 fully saturated rings. The summed E-state index contributed by atoms with van der Waals surface area (Å²) in [5, 5.41) is 1.22. The van der Waals surface area contributed by atoms with Gasteiger partial charge in [0.2, 0.25) is 0 Å². The van der Waals surface area contributed by atoms with E-state index in [4.69, 9.17) is 10.7 Å². The van der Waals surface area contributed by atoms with E-state index in [9.17, 15) is 0 Å². The van der Waals surface area contributed by atoms with Crippen LogP contribution in [0.5, 0.6) is 0 Å². The summed E-state index contributed by atoms with van der Waals surface area (Å²) in [5.41, 5.74) is 13.0. The van der Waals surface area contributed by atoms with Crippen molar-refractivity contribution in [1.82, 2.24) is 9.97 Å². The molecule has 4 rings (SSSR count). The Morgan fingerprint density at radius 2 is 1.87 bits per heavy atom. The Bertz CT molecular complexity index is 883. The molecule has 0 radical (unpaired) electrons. The number of aromatic nitrogens is 2. The normalized spacial score (nSPS) is 14.0. The topological polar surface area (TPSA) is 51.8 Å². The first-order valence-electron chi connectivity index (χ1n) is 8.43. The SMILES string of the molecule is CCc1nc(N)ccc1-c1cccc2cc3c(nc12)CCCC3. The van der Waals surface area contributed by atoms with E-state index in [-0.39, 0.29) is 0 Å². The van der Waals surface area contributed by atoms with Crippen LogP contribution in [0.4, 0.5) is 5.82 Å². The van der Waals surface area contributed by atoms with Crippen molar-refractivity contribution < 1.29 is 0 Å². The number of nitrogen functional groups attached to an aromatic ring is 1. The fraction of sp³-hybridized carbons (Fsp3) is 0.300. The molecule has 2 N–H and O–H groups in total. The molecule has 2 aromatic heterocycles. The van der Waals surface area contributed by atoms with Crippen LogP contribution >= 0.6 is 0 Å². The molecule has 1 aliphatic rings. The monoisotopic (exact) mass is 303 g/mol. The van der Waals surface area contributed by atoms with Crippen LogP contribution in [0.2, 0.25) is 0 Å². The van der Waals surface area contributed by atoms with Crippen molar-refractivity contribution in [3.05, 3.63) is 53.3 Å². The maximum atomic E-state index is 5.86. The van der Waals surface area contributed by atoms with Crippen molar-refractivity contribution in [3.63, 3.8) is 0 Å². The van der Waals surface area contributed by atoms with E-state index in [1.807, 2.05) is 6.07 Å². The van der Waals surface area contributed by atoms with E-state index >= 15 is 0 Å². The summed E-state index contributed by atoms with van der Waals surface area (Å²) in [6.45, 7) is 2.12. The largest absolute Gasteiger partial charge is 0.384 e. The Labute approximate surface area is 136 Å². The van der Waals surface area contributed by atoms with Gasteiger partial charge in [-0.1, -0.05) is 25.1 Å². The van der Waals surface area contributed by atoms with E-state index < -0.39 is 0 Å². The first kappa shape index (κ1) is 14.2. The number of nitrogens with two attached hydrogens (primary N) is 1. The molecule has 0 spiro atoms. The molecule has 2 heterocycles. The molecule has 0 amide bonds. The standard InChI is InChI=1S/C20H21N3/c1-2-17-15(10-11-19(21)22-17)16-8-5-7-14-12-13-6-3-4-9-18(13)23-20(14)16/h5,7-8,10-12H,2-4,6,9H2,1H3,(H2,21,22). The van der Waals surface area contributed by atoms with E-state index in [1.54, 1.807) is 0 Å². The molecule has 0 saturated carbocycles. The average molecular weight is 303 g/mol. The number of pyridine rings is 2.